The summed E-state index contributed by atoms with van der Waals surface area (Å²) in [7, 11) is 0. The van der Waals surface area contributed by atoms with E-state index < -0.39 is 11.5 Å². The van der Waals surface area contributed by atoms with Crippen LogP contribution >= 0.6 is 0 Å². The van der Waals surface area contributed by atoms with Crippen LogP contribution in [0.3, 0.4) is 0 Å². The normalized spacial score (nSPS) is 27.4. The second-order valence-electron chi connectivity index (χ2n) is 6.49. The van der Waals surface area contributed by atoms with Crippen molar-refractivity contribution < 1.29 is 9.90 Å². The van der Waals surface area contributed by atoms with E-state index in [-0.39, 0.29) is 0 Å². The standard InChI is InChI=1S/C14H27NO2/c1-5-8-14(4,12(16)17)15-11-7-6-9-13(2,3)10-11/h11,15H,5-10H2,1-4H3,(H,16,17). The van der Waals surface area contributed by atoms with Gasteiger partial charge in [0.15, 0.2) is 0 Å². The Balaban J connectivity index is 2.64. The minimum Gasteiger partial charge on any atom is -0.480 e. The predicted octanol–water partition coefficient (Wildman–Crippen LogP) is 3.19. The average Bonchev–Trinajstić information content (AvgIpc) is 2.15. The molecule has 0 aromatic carbocycles. The molecule has 0 aromatic rings. The fraction of sp³-hybridized carbons (Fsp3) is 0.929. The van der Waals surface area contributed by atoms with Gasteiger partial charge in [-0.15, -0.1) is 0 Å². The first-order valence-electron chi connectivity index (χ1n) is 6.80. The molecule has 0 bridgehead atoms. The summed E-state index contributed by atoms with van der Waals surface area (Å²) in [5.41, 5.74) is -0.408. The van der Waals surface area contributed by atoms with Crippen LogP contribution in [0, 0.1) is 5.41 Å². The molecular weight excluding hydrogens is 214 g/mol. The Hall–Kier alpha value is -0.570. The van der Waals surface area contributed by atoms with Gasteiger partial charge in [-0.1, -0.05) is 33.6 Å². The van der Waals surface area contributed by atoms with E-state index >= 15 is 0 Å². The number of hydrogen-bond acceptors (Lipinski definition) is 2. The van der Waals surface area contributed by atoms with Gasteiger partial charge in [-0.2, -0.15) is 0 Å². The van der Waals surface area contributed by atoms with Crippen LogP contribution in [0.15, 0.2) is 0 Å². The number of rotatable bonds is 5. The van der Waals surface area contributed by atoms with Crippen LogP contribution in [0.2, 0.25) is 0 Å². The van der Waals surface area contributed by atoms with Gasteiger partial charge in [0.1, 0.15) is 5.54 Å². The molecule has 3 heteroatoms. The van der Waals surface area contributed by atoms with Crippen LogP contribution in [-0.2, 0) is 4.79 Å². The molecule has 2 unspecified atom stereocenters. The SMILES string of the molecule is CCCC(C)(NC1CCCC(C)(C)C1)C(=O)O. The zero-order chi connectivity index (χ0) is 13.1. The lowest BCUT2D eigenvalue weighted by atomic mass is 9.74. The summed E-state index contributed by atoms with van der Waals surface area (Å²) in [6.07, 6.45) is 6.23. The van der Waals surface area contributed by atoms with Gasteiger partial charge in [-0.05, 0) is 38.0 Å². The van der Waals surface area contributed by atoms with E-state index in [4.69, 9.17) is 0 Å². The highest BCUT2D eigenvalue weighted by atomic mass is 16.4. The third-order valence-electron chi connectivity index (χ3n) is 3.95. The molecule has 2 N–H and O–H groups in total. The average molecular weight is 241 g/mol. The largest absolute Gasteiger partial charge is 0.480 e. The van der Waals surface area contributed by atoms with Crippen molar-refractivity contribution in [1.29, 1.82) is 0 Å². The summed E-state index contributed by atoms with van der Waals surface area (Å²) in [5.74, 6) is -0.720. The van der Waals surface area contributed by atoms with Crippen LogP contribution in [-0.4, -0.2) is 22.7 Å². The molecule has 1 aliphatic carbocycles. The molecule has 1 rings (SSSR count). The summed E-state index contributed by atoms with van der Waals surface area (Å²) in [6, 6.07) is 0.353. The van der Waals surface area contributed by atoms with E-state index in [2.05, 4.69) is 19.2 Å². The molecule has 1 aliphatic rings. The van der Waals surface area contributed by atoms with Crippen molar-refractivity contribution in [3.05, 3.63) is 0 Å². The smallest absolute Gasteiger partial charge is 0.323 e. The summed E-state index contributed by atoms with van der Waals surface area (Å²) < 4.78 is 0. The number of hydrogen-bond donors (Lipinski definition) is 2. The van der Waals surface area contributed by atoms with Crippen LogP contribution in [0.5, 0.6) is 0 Å². The summed E-state index contributed by atoms with van der Waals surface area (Å²) in [6.45, 7) is 8.41. The van der Waals surface area contributed by atoms with Gasteiger partial charge in [0.25, 0.3) is 0 Å². The zero-order valence-corrected chi connectivity index (χ0v) is 11.7. The van der Waals surface area contributed by atoms with Gasteiger partial charge in [0.05, 0.1) is 0 Å². The van der Waals surface area contributed by atoms with Crippen molar-refractivity contribution in [3.8, 4) is 0 Å². The van der Waals surface area contributed by atoms with Crippen LogP contribution in [0.4, 0.5) is 0 Å². The maximum absolute atomic E-state index is 11.4. The lowest BCUT2D eigenvalue weighted by Gasteiger charge is -2.39. The number of aliphatic carboxylic acids is 1. The molecule has 100 valence electrons. The second-order valence-corrected chi connectivity index (χ2v) is 6.49. The van der Waals surface area contributed by atoms with Crippen molar-refractivity contribution in [2.24, 2.45) is 5.41 Å². The number of carbonyl (C=O) groups is 1. The first-order valence-corrected chi connectivity index (χ1v) is 6.80. The van der Waals surface area contributed by atoms with E-state index in [1.54, 1.807) is 0 Å². The molecule has 1 fully saturated rings. The molecule has 3 nitrogen and oxygen atoms in total. The highest BCUT2D eigenvalue weighted by molar-refractivity contribution is 5.78. The highest BCUT2D eigenvalue weighted by Crippen LogP contribution is 2.36. The number of carboxylic acid groups (broad SMARTS) is 1. The van der Waals surface area contributed by atoms with E-state index in [1.165, 1.54) is 12.8 Å². The molecule has 2 atom stereocenters. The minimum absolute atomic E-state index is 0.349. The topological polar surface area (TPSA) is 49.3 Å². The third-order valence-corrected chi connectivity index (χ3v) is 3.95. The van der Waals surface area contributed by atoms with Crippen LogP contribution in [0.1, 0.15) is 66.2 Å². The zero-order valence-electron chi connectivity index (χ0n) is 11.7. The van der Waals surface area contributed by atoms with Crippen molar-refractivity contribution >= 4 is 5.97 Å². The molecule has 0 radical (unpaired) electrons. The molecule has 1 saturated carbocycles. The van der Waals surface area contributed by atoms with Crippen LogP contribution < -0.4 is 5.32 Å². The van der Waals surface area contributed by atoms with E-state index in [0.29, 0.717) is 17.9 Å². The highest BCUT2D eigenvalue weighted by Gasteiger charge is 2.37. The monoisotopic (exact) mass is 241 g/mol. The Morgan fingerprint density at radius 1 is 1.53 bits per heavy atom. The maximum Gasteiger partial charge on any atom is 0.323 e. The predicted molar refractivity (Wildman–Crippen MR) is 70.1 cm³/mol. The van der Waals surface area contributed by atoms with Crippen molar-refractivity contribution in [3.63, 3.8) is 0 Å². The first kappa shape index (κ1) is 14.5. The Bertz CT molecular complexity index is 275. The second kappa shape index (κ2) is 5.38. The number of nitrogens with one attached hydrogen (secondary N) is 1. The lowest BCUT2D eigenvalue weighted by Crippen LogP contribution is -2.55. The molecule has 0 amide bonds. The molecule has 0 spiro atoms. The van der Waals surface area contributed by atoms with Gasteiger partial charge in [-0.25, -0.2) is 0 Å². The maximum atomic E-state index is 11.4. The van der Waals surface area contributed by atoms with Gasteiger partial charge >= 0.3 is 5.97 Å². The molecule has 17 heavy (non-hydrogen) atoms. The Morgan fingerprint density at radius 2 is 2.18 bits per heavy atom. The van der Waals surface area contributed by atoms with Gasteiger partial charge in [0.2, 0.25) is 0 Å². The molecular formula is C14H27NO2. The summed E-state index contributed by atoms with van der Waals surface area (Å²) >= 11 is 0. The van der Waals surface area contributed by atoms with E-state index in [9.17, 15) is 9.90 Å². The first-order chi connectivity index (χ1) is 7.79. The summed E-state index contributed by atoms with van der Waals surface area (Å²) in [5, 5.41) is 12.8. The van der Waals surface area contributed by atoms with Crippen molar-refractivity contribution in [2.45, 2.75) is 77.8 Å². The number of carboxylic acids is 1. The molecule has 0 saturated heterocycles. The third kappa shape index (κ3) is 3.98. The molecule has 0 heterocycles. The molecule has 0 aliphatic heterocycles. The Kier molecular flexibility index (Phi) is 4.59. The molecule has 0 aromatic heterocycles. The summed E-state index contributed by atoms with van der Waals surface area (Å²) in [4.78, 5) is 11.4. The van der Waals surface area contributed by atoms with Gasteiger partial charge in [0, 0.05) is 6.04 Å². The fourth-order valence-corrected chi connectivity index (χ4v) is 3.01. The minimum atomic E-state index is -0.757. The van der Waals surface area contributed by atoms with Gasteiger partial charge in [-0.3, -0.25) is 10.1 Å². The van der Waals surface area contributed by atoms with E-state index in [0.717, 1.165) is 19.3 Å². The Morgan fingerprint density at radius 3 is 2.65 bits per heavy atom. The quantitative estimate of drug-likeness (QED) is 0.777. The van der Waals surface area contributed by atoms with E-state index in [1.807, 2.05) is 13.8 Å². The fourth-order valence-electron chi connectivity index (χ4n) is 3.01. The van der Waals surface area contributed by atoms with Gasteiger partial charge < -0.3 is 5.11 Å². The van der Waals surface area contributed by atoms with Crippen molar-refractivity contribution in [2.75, 3.05) is 0 Å². The lowest BCUT2D eigenvalue weighted by molar-refractivity contribution is -0.145. The Labute approximate surface area is 105 Å². The van der Waals surface area contributed by atoms with Crippen molar-refractivity contribution in [1.82, 2.24) is 5.32 Å². The van der Waals surface area contributed by atoms with Crippen LogP contribution in [0.25, 0.3) is 0 Å².